The fourth-order valence-electron chi connectivity index (χ4n) is 2.51. The second kappa shape index (κ2) is 5.51. The van der Waals surface area contributed by atoms with Crippen LogP contribution in [0.2, 0.25) is 0 Å². The molecule has 1 atom stereocenters. The van der Waals surface area contributed by atoms with Crippen LogP contribution < -0.4 is 10.1 Å². The van der Waals surface area contributed by atoms with Gasteiger partial charge in [-0.05, 0) is 25.1 Å². The van der Waals surface area contributed by atoms with Gasteiger partial charge in [0.25, 0.3) is 0 Å². The van der Waals surface area contributed by atoms with E-state index in [4.69, 9.17) is 4.74 Å². The summed E-state index contributed by atoms with van der Waals surface area (Å²) in [5.41, 5.74) is 2.77. The van der Waals surface area contributed by atoms with Gasteiger partial charge in [0.05, 0.1) is 12.3 Å². The van der Waals surface area contributed by atoms with Crippen LogP contribution in [0.3, 0.4) is 0 Å². The fraction of sp³-hybridized carbons (Fsp3) is 0.312. The summed E-state index contributed by atoms with van der Waals surface area (Å²) in [6.45, 7) is 3.18. The van der Waals surface area contributed by atoms with E-state index in [1.807, 2.05) is 31.2 Å². The number of para-hydroxylation sites is 1. The Morgan fingerprint density at radius 3 is 3.05 bits per heavy atom. The van der Waals surface area contributed by atoms with E-state index in [0.29, 0.717) is 18.8 Å². The van der Waals surface area contributed by atoms with Crippen molar-refractivity contribution in [2.75, 3.05) is 6.61 Å². The van der Waals surface area contributed by atoms with Gasteiger partial charge in [-0.1, -0.05) is 18.2 Å². The van der Waals surface area contributed by atoms with Crippen LogP contribution in [0.4, 0.5) is 0 Å². The molecule has 4 heteroatoms. The molecular weight excluding hydrogens is 252 g/mol. The van der Waals surface area contributed by atoms with Crippen LogP contribution >= 0.6 is 0 Å². The maximum atomic E-state index is 9.83. The molecule has 1 aromatic carbocycles. The molecule has 0 spiro atoms. The molecule has 0 radical (unpaired) electrons. The highest BCUT2D eigenvalue weighted by Gasteiger charge is 2.20. The molecule has 20 heavy (non-hydrogen) atoms. The van der Waals surface area contributed by atoms with Gasteiger partial charge < -0.3 is 15.2 Å². The van der Waals surface area contributed by atoms with Crippen LogP contribution in [0.5, 0.6) is 11.5 Å². The van der Waals surface area contributed by atoms with Gasteiger partial charge in [0.2, 0.25) is 0 Å². The van der Waals surface area contributed by atoms with E-state index in [1.54, 1.807) is 6.07 Å². The Bertz CT molecular complexity index is 613. The first-order valence-corrected chi connectivity index (χ1v) is 6.84. The number of pyridine rings is 1. The number of aromatic hydroxyl groups is 1. The van der Waals surface area contributed by atoms with Crippen LogP contribution in [0.15, 0.2) is 36.4 Å². The summed E-state index contributed by atoms with van der Waals surface area (Å²) in [6, 6.07) is 11.8. The van der Waals surface area contributed by atoms with Crippen LogP contribution in [0.1, 0.15) is 29.4 Å². The van der Waals surface area contributed by atoms with Gasteiger partial charge in [0, 0.05) is 30.3 Å². The molecule has 4 nitrogen and oxygen atoms in total. The first-order valence-electron chi connectivity index (χ1n) is 6.84. The number of aromatic nitrogens is 1. The topological polar surface area (TPSA) is 54.4 Å². The number of hydrogen-bond acceptors (Lipinski definition) is 4. The Hall–Kier alpha value is -2.07. The summed E-state index contributed by atoms with van der Waals surface area (Å²) in [5, 5.41) is 13.3. The van der Waals surface area contributed by atoms with Crippen LogP contribution in [-0.2, 0) is 6.54 Å². The number of nitrogens with one attached hydrogen (secondary N) is 1. The molecule has 1 aliphatic rings. The number of hydrogen-bond donors (Lipinski definition) is 2. The third-order valence-electron chi connectivity index (χ3n) is 3.56. The number of ether oxygens (including phenoxy) is 1. The quantitative estimate of drug-likeness (QED) is 0.900. The predicted octanol–water partition coefficient (Wildman–Crippen LogP) is 2.71. The van der Waals surface area contributed by atoms with Gasteiger partial charge in [0.1, 0.15) is 11.5 Å². The fourth-order valence-corrected chi connectivity index (χ4v) is 2.51. The van der Waals surface area contributed by atoms with Crippen molar-refractivity contribution >= 4 is 0 Å². The Morgan fingerprint density at radius 2 is 2.15 bits per heavy atom. The SMILES string of the molecule is Cc1ccc(O)c(CN[C@H]2CCOc3ccccc32)n1. The summed E-state index contributed by atoms with van der Waals surface area (Å²) >= 11 is 0. The van der Waals surface area contributed by atoms with Gasteiger partial charge in [-0.3, -0.25) is 4.98 Å². The number of aryl methyl sites for hydroxylation is 1. The minimum Gasteiger partial charge on any atom is -0.506 e. The molecular formula is C16H18N2O2. The lowest BCUT2D eigenvalue weighted by Gasteiger charge is -2.26. The smallest absolute Gasteiger partial charge is 0.138 e. The van der Waals surface area contributed by atoms with Gasteiger partial charge in [-0.25, -0.2) is 0 Å². The molecule has 0 saturated heterocycles. The van der Waals surface area contributed by atoms with Crippen molar-refractivity contribution in [2.24, 2.45) is 0 Å². The number of nitrogens with zero attached hydrogens (tertiary/aromatic N) is 1. The Balaban J connectivity index is 1.75. The van der Waals surface area contributed by atoms with Crippen molar-refractivity contribution in [3.05, 3.63) is 53.3 Å². The first-order chi connectivity index (χ1) is 9.74. The third-order valence-corrected chi connectivity index (χ3v) is 3.56. The molecule has 0 saturated carbocycles. The molecule has 0 bridgehead atoms. The van der Waals surface area contributed by atoms with Crippen molar-refractivity contribution in [1.82, 2.24) is 10.3 Å². The Labute approximate surface area is 118 Å². The minimum atomic E-state index is 0.238. The molecule has 104 valence electrons. The summed E-state index contributed by atoms with van der Waals surface area (Å²) in [6.07, 6.45) is 0.920. The van der Waals surface area contributed by atoms with E-state index < -0.39 is 0 Å². The molecule has 1 aliphatic heterocycles. The lowest BCUT2D eigenvalue weighted by molar-refractivity contribution is 0.251. The standard InChI is InChI=1S/C16H18N2O2/c1-11-6-7-15(19)14(18-11)10-17-13-8-9-20-16-5-3-2-4-12(13)16/h2-7,13,17,19H,8-10H2,1H3/t13-/m0/s1. The summed E-state index contributed by atoms with van der Waals surface area (Å²) < 4.78 is 5.64. The minimum absolute atomic E-state index is 0.238. The monoisotopic (exact) mass is 270 g/mol. The molecule has 0 unspecified atom stereocenters. The largest absolute Gasteiger partial charge is 0.506 e. The van der Waals surface area contributed by atoms with E-state index in [2.05, 4.69) is 16.4 Å². The van der Waals surface area contributed by atoms with E-state index >= 15 is 0 Å². The lowest BCUT2D eigenvalue weighted by Crippen LogP contribution is -2.27. The highest BCUT2D eigenvalue weighted by atomic mass is 16.5. The highest BCUT2D eigenvalue weighted by molar-refractivity contribution is 5.37. The molecule has 0 fully saturated rings. The average Bonchev–Trinajstić information content (AvgIpc) is 2.48. The maximum Gasteiger partial charge on any atom is 0.138 e. The zero-order chi connectivity index (χ0) is 13.9. The van der Waals surface area contributed by atoms with Crippen LogP contribution in [-0.4, -0.2) is 16.7 Å². The first kappa shape index (κ1) is 12.9. The van der Waals surface area contributed by atoms with Gasteiger partial charge in [0.15, 0.2) is 0 Å². The Morgan fingerprint density at radius 1 is 1.30 bits per heavy atom. The van der Waals surface area contributed by atoms with Crippen LogP contribution in [0.25, 0.3) is 0 Å². The third kappa shape index (κ3) is 2.60. The Kier molecular flexibility index (Phi) is 3.56. The second-order valence-electron chi connectivity index (χ2n) is 5.03. The zero-order valence-electron chi connectivity index (χ0n) is 11.5. The second-order valence-corrected chi connectivity index (χ2v) is 5.03. The summed E-state index contributed by atoms with van der Waals surface area (Å²) in [5.74, 6) is 1.18. The van der Waals surface area contributed by atoms with E-state index in [9.17, 15) is 5.11 Å². The molecule has 1 aromatic heterocycles. The number of fused-ring (bicyclic) bond motifs is 1. The van der Waals surface area contributed by atoms with Gasteiger partial charge in [-0.2, -0.15) is 0 Å². The van der Waals surface area contributed by atoms with Crippen molar-refractivity contribution in [3.8, 4) is 11.5 Å². The molecule has 2 heterocycles. The van der Waals surface area contributed by atoms with Crippen molar-refractivity contribution in [2.45, 2.75) is 25.9 Å². The van der Waals surface area contributed by atoms with Crippen molar-refractivity contribution in [3.63, 3.8) is 0 Å². The van der Waals surface area contributed by atoms with Crippen molar-refractivity contribution in [1.29, 1.82) is 0 Å². The summed E-state index contributed by atoms with van der Waals surface area (Å²) in [4.78, 5) is 4.37. The molecule has 0 aliphatic carbocycles. The number of rotatable bonds is 3. The van der Waals surface area contributed by atoms with E-state index in [1.165, 1.54) is 5.56 Å². The van der Waals surface area contributed by atoms with Crippen LogP contribution in [0, 0.1) is 6.92 Å². The highest BCUT2D eigenvalue weighted by Crippen LogP contribution is 2.31. The molecule has 2 N–H and O–H groups in total. The lowest BCUT2D eigenvalue weighted by atomic mass is 10.0. The maximum absolute atomic E-state index is 9.83. The van der Waals surface area contributed by atoms with Crippen molar-refractivity contribution < 1.29 is 9.84 Å². The molecule has 0 amide bonds. The predicted molar refractivity (Wildman–Crippen MR) is 76.8 cm³/mol. The summed E-state index contributed by atoms with van der Waals surface area (Å²) in [7, 11) is 0. The normalized spacial score (nSPS) is 17.4. The van der Waals surface area contributed by atoms with Gasteiger partial charge >= 0.3 is 0 Å². The van der Waals surface area contributed by atoms with E-state index in [0.717, 1.165) is 17.9 Å². The molecule has 2 aromatic rings. The molecule has 3 rings (SSSR count). The average molecular weight is 270 g/mol. The van der Waals surface area contributed by atoms with Gasteiger partial charge in [-0.15, -0.1) is 0 Å². The zero-order valence-corrected chi connectivity index (χ0v) is 11.5. The van der Waals surface area contributed by atoms with E-state index in [-0.39, 0.29) is 11.8 Å². The number of benzene rings is 1.